The van der Waals surface area contributed by atoms with Gasteiger partial charge in [0.25, 0.3) is 5.91 Å². The van der Waals surface area contributed by atoms with Crippen molar-refractivity contribution in [3.63, 3.8) is 0 Å². The summed E-state index contributed by atoms with van der Waals surface area (Å²) in [4.78, 5) is 16.7. The van der Waals surface area contributed by atoms with Gasteiger partial charge in [-0.15, -0.1) is 0 Å². The van der Waals surface area contributed by atoms with E-state index in [1.165, 1.54) is 6.20 Å². The highest BCUT2D eigenvalue weighted by Gasteiger charge is 2.16. The molecule has 1 amide bonds. The average Bonchev–Trinajstić information content (AvgIpc) is 3.30. The quantitative estimate of drug-likeness (QED) is 0.609. The second-order valence-corrected chi connectivity index (χ2v) is 5.83. The van der Waals surface area contributed by atoms with Gasteiger partial charge >= 0.3 is 0 Å². The van der Waals surface area contributed by atoms with Crippen molar-refractivity contribution >= 4 is 23.2 Å². The summed E-state index contributed by atoms with van der Waals surface area (Å²) in [6, 6.07) is 12.8. The van der Waals surface area contributed by atoms with Crippen molar-refractivity contribution in [2.75, 3.05) is 0 Å². The molecule has 1 aromatic carbocycles. The molecule has 4 rings (SSSR count). The van der Waals surface area contributed by atoms with Crippen LogP contribution in [0.3, 0.4) is 0 Å². The number of aromatic nitrogens is 3. The second kappa shape index (κ2) is 6.41. The van der Waals surface area contributed by atoms with Gasteiger partial charge in [-0.3, -0.25) is 4.79 Å². The maximum Gasteiger partial charge on any atom is 0.257 e. The molecule has 7 heteroatoms. The number of nitrogens with one attached hydrogen (secondary N) is 1. The molecule has 0 fully saturated rings. The van der Waals surface area contributed by atoms with Gasteiger partial charge in [0.2, 0.25) is 0 Å². The van der Waals surface area contributed by atoms with Crippen LogP contribution >= 0.6 is 11.6 Å². The molecular formula is C18H13ClN4O2. The zero-order valence-electron chi connectivity index (χ0n) is 13.0. The number of benzene rings is 1. The molecule has 1 N–H and O–H groups in total. The fourth-order valence-corrected chi connectivity index (χ4v) is 2.69. The van der Waals surface area contributed by atoms with Gasteiger partial charge in [0.1, 0.15) is 11.3 Å². The Kier molecular flexibility index (Phi) is 3.95. The third kappa shape index (κ3) is 2.99. The highest BCUT2D eigenvalue weighted by molar-refractivity contribution is 6.30. The Morgan fingerprint density at radius 1 is 1.20 bits per heavy atom. The summed E-state index contributed by atoms with van der Waals surface area (Å²) in [5, 5.41) is 7.78. The second-order valence-electron chi connectivity index (χ2n) is 5.39. The molecule has 0 saturated heterocycles. The minimum absolute atomic E-state index is 0.257. The molecule has 0 atom stereocenters. The number of halogens is 1. The SMILES string of the molecule is O=C(NCc1ccco1)c1cnn2c(-c3ccc(Cl)cc3)ccnc12. The molecule has 0 spiro atoms. The van der Waals surface area contributed by atoms with E-state index in [4.69, 9.17) is 16.0 Å². The number of furan rings is 1. The number of rotatable bonds is 4. The van der Waals surface area contributed by atoms with Gasteiger partial charge in [0.05, 0.1) is 24.7 Å². The van der Waals surface area contributed by atoms with Crippen LogP contribution in [0.2, 0.25) is 5.02 Å². The van der Waals surface area contributed by atoms with Crippen molar-refractivity contribution in [3.05, 3.63) is 77.5 Å². The van der Waals surface area contributed by atoms with Crippen LogP contribution in [0.1, 0.15) is 16.1 Å². The average molecular weight is 353 g/mol. The van der Waals surface area contributed by atoms with E-state index in [1.807, 2.05) is 30.3 Å². The standard InChI is InChI=1S/C18H13ClN4O2/c19-13-5-3-12(4-6-13)16-7-8-20-17-15(11-22-23(16)17)18(24)21-10-14-2-1-9-25-14/h1-9,11H,10H2,(H,21,24). The summed E-state index contributed by atoms with van der Waals surface area (Å²) >= 11 is 5.94. The number of hydrogen-bond acceptors (Lipinski definition) is 4. The highest BCUT2D eigenvalue weighted by atomic mass is 35.5. The van der Waals surface area contributed by atoms with Crippen LogP contribution in [0.15, 0.2) is 65.5 Å². The minimum Gasteiger partial charge on any atom is -0.467 e. The van der Waals surface area contributed by atoms with Crippen LogP contribution in [0.25, 0.3) is 16.9 Å². The van der Waals surface area contributed by atoms with E-state index < -0.39 is 0 Å². The number of nitrogens with zero attached hydrogens (tertiary/aromatic N) is 3. The summed E-state index contributed by atoms with van der Waals surface area (Å²) in [5.74, 6) is 0.423. The minimum atomic E-state index is -0.257. The first-order valence-corrected chi connectivity index (χ1v) is 7.99. The first-order chi connectivity index (χ1) is 12.2. The van der Waals surface area contributed by atoms with Gasteiger partial charge in [0, 0.05) is 16.8 Å². The maximum atomic E-state index is 12.4. The zero-order chi connectivity index (χ0) is 17.2. The number of amides is 1. The molecule has 3 heterocycles. The first kappa shape index (κ1) is 15.4. The molecule has 0 bridgehead atoms. The molecule has 25 heavy (non-hydrogen) atoms. The maximum absolute atomic E-state index is 12.4. The number of carbonyl (C=O) groups excluding carboxylic acids is 1. The summed E-state index contributed by atoms with van der Waals surface area (Å²) in [7, 11) is 0. The molecule has 0 aliphatic rings. The molecule has 124 valence electrons. The molecule has 6 nitrogen and oxygen atoms in total. The van der Waals surface area contributed by atoms with E-state index in [1.54, 1.807) is 29.1 Å². The lowest BCUT2D eigenvalue weighted by molar-refractivity contribution is 0.0949. The van der Waals surface area contributed by atoms with E-state index >= 15 is 0 Å². The van der Waals surface area contributed by atoms with Crippen molar-refractivity contribution in [2.24, 2.45) is 0 Å². The van der Waals surface area contributed by atoms with Crippen molar-refractivity contribution < 1.29 is 9.21 Å². The Morgan fingerprint density at radius 2 is 2.04 bits per heavy atom. The van der Waals surface area contributed by atoms with Gasteiger partial charge in [-0.1, -0.05) is 23.7 Å². The monoisotopic (exact) mass is 352 g/mol. The lowest BCUT2D eigenvalue weighted by atomic mass is 10.1. The van der Waals surface area contributed by atoms with Crippen molar-refractivity contribution in [1.29, 1.82) is 0 Å². The third-order valence-corrected chi connectivity index (χ3v) is 4.04. The number of fused-ring (bicyclic) bond motifs is 1. The third-order valence-electron chi connectivity index (χ3n) is 3.79. The van der Waals surface area contributed by atoms with Crippen molar-refractivity contribution in [3.8, 4) is 11.3 Å². The lowest BCUT2D eigenvalue weighted by Gasteiger charge is -2.05. The van der Waals surface area contributed by atoms with Gasteiger partial charge < -0.3 is 9.73 Å². The summed E-state index contributed by atoms with van der Waals surface area (Å²) in [5.41, 5.74) is 2.65. The largest absolute Gasteiger partial charge is 0.467 e. The Hall–Kier alpha value is -3.12. The van der Waals surface area contributed by atoms with E-state index in [2.05, 4.69) is 15.4 Å². The molecule has 4 aromatic rings. The predicted octanol–water partition coefficient (Wildman–Crippen LogP) is 3.57. The molecular weight excluding hydrogens is 340 g/mol. The summed E-state index contributed by atoms with van der Waals surface area (Å²) < 4.78 is 6.86. The van der Waals surface area contributed by atoms with E-state index in [-0.39, 0.29) is 5.91 Å². The topological polar surface area (TPSA) is 72.4 Å². The predicted molar refractivity (Wildman–Crippen MR) is 93.3 cm³/mol. The van der Waals surface area contributed by atoms with Gasteiger partial charge in [-0.05, 0) is 30.3 Å². The van der Waals surface area contributed by atoms with E-state index in [0.717, 1.165) is 11.3 Å². The highest BCUT2D eigenvalue weighted by Crippen LogP contribution is 2.22. The van der Waals surface area contributed by atoms with Gasteiger partial charge in [-0.2, -0.15) is 5.10 Å². The molecule has 0 saturated carbocycles. The Labute approximate surface area is 148 Å². The smallest absolute Gasteiger partial charge is 0.257 e. The van der Waals surface area contributed by atoms with Crippen LogP contribution in [0, 0.1) is 0 Å². The fraction of sp³-hybridized carbons (Fsp3) is 0.0556. The van der Waals surface area contributed by atoms with Crippen LogP contribution < -0.4 is 5.32 Å². The first-order valence-electron chi connectivity index (χ1n) is 7.61. The summed E-state index contributed by atoms with van der Waals surface area (Å²) in [6.07, 6.45) is 4.74. The molecule has 0 unspecified atom stereocenters. The zero-order valence-corrected chi connectivity index (χ0v) is 13.8. The van der Waals surface area contributed by atoms with Crippen molar-refractivity contribution in [1.82, 2.24) is 19.9 Å². The van der Waals surface area contributed by atoms with Crippen molar-refractivity contribution in [2.45, 2.75) is 6.54 Å². The Balaban J connectivity index is 1.66. The molecule has 0 aliphatic carbocycles. The Bertz CT molecular complexity index is 1020. The van der Waals surface area contributed by atoms with Crippen LogP contribution in [-0.4, -0.2) is 20.5 Å². The summed E-state index contributed by atoms with van der Waals surface area (Å²) in [6.45, 7) is 0.306. The van der Waals surface area contributed by atoms with E-state index in [9.17, 15) is 4.79 Å². The molecule has 3 aromatic heterocycles. The number of carbonyl (C=O) groups is 1. The molecule has 0 radical (unpaired) electrons. The van der Waals surface area contributed by atoms with Gasteiger partial charge in [0.15, 0.2) is 5.65 Å². The van der Waals surface area contributed by atoms with Crippen LogP contribution in [-0.2, 0) is 6.54 Å². The Morgan fingerprint density at radius 3 is 2.80 bits per heavy atom. The van der Waals surface area contributed by atoms with Crippen LogP contribution in [0.5, 0.6) is 0 Å². The molecule has 0 aliphatic heterocycles. The van der Waals surface area contributed by atoms with E-state index in [0.29, 0.717) is 28.5 Å². The lowest BCUT2D eigenvalue weighted by Crippen LogP contribution is -2.22. The van der Waals surface area contributed by atoms with Crippen LogP contribution in [0.4, 0.5) is 0 Å². The normalized spacial score (nSPS) is 10.9. The van der Waals surface area contributed by atoms with Gasteiger partial charge in [-0.25, -0.2) is 9.50 Å². The fourth-order valence-electron chi connectivity index (χ4n) is 2.57. The number of hydrogen-bond donors (Lipinski definition) is 1.